The number of phenols is 1. The second-order valence-electron chi connectivity index (χ2n) is 7.33. The lowest BCUT2D eigenvalue weighted by Crippen LogP contribution is -2.01. The molecule has 0 aliphatic rings. The summed E-state index contributed by atoms with van der Waals surface area (Å²) in [6.45, 7) is 7.97. The third-order valence-electron chi connectivity index (χ3n) is 5.21. The fourth-order valence-corrected chi connectivity index (χ4v) is 4.12. The van der Waals surface area contributed by atoms with Crippen molar-refractivity contribution in [2.75, 3.05) is 0 Å². The number of aromatic amines is 1. The van der Waals surface area contributed by atoms with Crippen molar-refractivity contribution >= 4 is 40.0 Å². The van der Waals surface area contributed by atoms with Gasteiger partial charge >= 0.3 is 0 Å². The van der Waals surface area contributed by atoms with Crippen LogP contribution >= 0.6 is 12.6 Å². The first-order valence-electron chi connectivity index (χ1n) is 9.46. The number of imidazole rings is 1. The van der Waals surface area contributed by atoms with E-state index >= 15 is 0 Å². The average Bonchev–Trinajstić information content (AvgIpc) is 3.27. The number of nitrogens with one attached hydrogen (secondary N) is 1. The summed E-state index contributed by atoms with van der Waals surface area (Å²) in [5, 5.41) is 21.7. The number of fused-ring (bicyclic) bond motifs is 2. The van der Waals surface area contributed by atoms with Gasteiger partial charge in [0.15, 0.2) is 11.0 Å². The Bertz CT molecular complexity index is 1460. The number of aromatic hydroxyl groups is 1. The van der Waals surface area contributed by atoms with E-state index in [-0.39, 0.29) is 5.75 Å². The zero-order valence-electron chi connectivity index (χ0n) is 16.5. The summed E-state index contributed by atoms with van der Waals surface area (Å²) >= 11 is 4.55. The van der Waals surface area contributed by atoms with E-state index in [2.05, 4.69) is 45.4 Å². The van der Waals surface area contributed by atoms with E-state index in [4.69, 9.17) is 0 Å². The SMILES string of the molecule is C=C(C)c1ccc(-n2c(S)nnc2-c2cc3nc(C)[nH]c3cc2O)c2ccccc12. The molecule has 2 N–H and O–H groups in total. The number of rotatable bonds is 3. The van der Waals surface area contributed by atoms with E-state index in [1.165, 1.54) is 0 Å². The molecule has 30 heavy (non-hydrogen) atoms. The molecule has 0 fully saturated rings. The lowest BCUT2D eigenvalue weighted by molar-refractivity contribution is 0.477. The summed E-state index contributed by atoms with van der Waals surface area (Å²) in [5.41, 5.74) is 5.00. The van der Waals surface area contributed by atoms with Crippen molar-refractivity contribution in [1.29, 1.82) is 0 Å². The van der Waals surface area contributed by atoms with Crippen LogP contribution in [-0.2, 0) is 0 Å². The van der Waals surface area contributed by atoms with E-state index in [9.17, 15) is 5.11 Å². The number of benzene rings is 3. The predicted molar refractivity (Wildman–Crippen MR) is 122 cm³/mol. The van der Waals surface area contributed by atoms with Crippen LogP contribution in [0.3, 0.4) is 0 Å². The van der Waals surface area contributed by atoms with Crippen LogP contribution in [0.4, 0.5) is 0 Å². The van der Waals surface area contributed by atoms with Gasteiger partial charge in [0.25, 0.3) is 0 Å². The molecule has 0 saturated carbocycles. The normalized spacial score (nSPS) is 11.4. The van der Waals surface area contributed by atoms with E-state index in [1.807, 2.05) is 54.8 Å². The predicted octanol–water partition coefficient (Wildman–Crippen LogP) is 5.30. The number of phenolic OH excluding ortho intramolecular Hbond substituents is 1. The third-order valence-corrected chi connectivity index (χ3v) is 5.50. The van der Waals surface area contributed by atoms with E-state index < -0.39 is 0 Å². The van der Waals surface area contributed by atoms with Crippen LogP contribution in [0.1, 0.15) is 18.3 Å². The standard InChI is InChI=1S/C23H19N5OS/c1-12(2)14-8-9-20(16-7-5-4-6-15(14)16)28-22(26-27-23(28)30)17-10-18-19(11-21(17)29)25-13(3)24-18/h4-11,29H,1H2,2-3H3,(H,24,25)(H,27,30). The van der Waals surface area contributed by atoms with Crippen LogP contribution in [0.2, 0.25) is 0 Å². The number of nitrogens with zero attached hydrogens (tertiary/aromatic N) is 4. The topological polar surface area (TPSA) is 79.6 Å². The highest BCUT2D eigenvalue weighted by Gasteiger charge is 2.20. The van der Waals surface area contributed by atoms with Gasteiger partial charge in [-0.15, -0.1) is 22.8 Å². The van der Waals surface area contributed by atoms with Gasteiger partial charge in [0.05, 0.1) is 22.3 Å². The van der Waals surface area contributed by atoms with E-state index in [0.29, 0.717) is 16.5 Å². The van der Waals surface area contributed by atoms with Gasteiger partial charge in [-0.05, 0) is 36.9 Å². The van der Waals surface area contributed by atoms with Gasteiger partial charge in [0, 0.05) is 11.5 Å². The highest BCUT2D eigenvalue weighted by molar-refractivity contribution is 7.80. The molecule has 2 heterocycles. The van der Waals surface area contributed by atoms with Gasteiger partial charge in [-0.3, -0.25) is 4.57 Å². The summed E-state index contributed by atoms with van der Waals surface area (Å²) in [7, 11) is 0. The Hall–Kier alpha value is -3.58. The molecule has 0 spiro atoms. The molecule has 7 heteroatoms. The van der Waals surface area contributed by atoms with Crippen molar-refractivity contribution in [1.82, 2.24) is 24.7 Å². The van der Waals surface area contributed by atoms with Gasteiger partial charge in [0.1, 0.15) is 11.6 Å². The first-order chi connectivity index (χ1) is 14.4. The summed E-state index contributed by atoms with van der Waals surface area (Å²) < 4.78 is 1.84. The Morgan fingerprint density at radius 1 is 1.10 bits per heavy atom. The third kappa shape index (κ3) is 2.78. The first kappa shape index (κ1) is 18.4. The molecule has 0 aliphatic heterocycles. The molecule has 0 radical (unpaired) electrons. The van der Waals surface area contributed by atoms with Crippen LogP contribution in [0.25, 0.3) is 44.5 Å². The zero-order chi connectivity index (χ0) is 21.0. The van der Waals surface area contributed by atoms with Gasteiger partial charge in [0.2, 0.25) is 0 Å². The summed E-state index contributed by atoms with van der Waals surface area (Å²) in [6.07, 6.45) is 0. The minimum atomic E-state index is 0.0935. The molecule has 5 rings (SSSR count). The molecule has 2 aromatic heterocycles. The summed E-state index contributed by atoms with van der Waals surface area (Å²) in [5.74, 6) is 1.36. The van der Waals surface area contributed by atoms with Crippen molar-refractivity contribution < 1.29 is 5.11 Å². The maximum Gasteiger partial charge on any atom is 0.193 e. The molecular formula is C23H19N5OS. The van der Waals surface area contributed by atoms with Crippen molar-refractivity contribution in [3.05, 3.63) is 66.5 Å². The van der Waals surface area contributed by atoms with Gasteiger partial charge in [-0.25, -0.2) is 4.98 Å². The van der Waals surface area contributed by atoms with Crippen molar-refractivity contribution in [3.8, 4) is 22.8 Å². The van der Waals surface area contributed by atoms with Crippen LogP contribution in [0, 0.1) is 6.92 Å². The second-order valence-corrected chi connectivity index (χ2v) is 7.73. The lowest BCUT2D eigenvalue weighted by atomic mass is 9.98. The Labute approximate surface area is 178 Å². The summed E-state index contributed by atoms with van der Waals surface area (Å²) in [4.78, 5) is 7.61. The average molecular weight is 414 g/mol. The molecule has 0 bridgehead atoms. The van der Waals surface area contributed by atoms with Gasteiger partial charge < -0.3 is 10.1 Å². The Balaban J connectivity index is 1.80. The Kier molecular flexibility index (Phi) is 4.15. The Morgan fingerprint density at radius 3 is 2.63 bits per heavy atom. The molecule has 148 valence electrons. The molecule has 0 saturated heterocycles. The monoisotopic (exact) mass is 413 g/mol. The zero-order valence-corrected chi connectivity index (χ0v) is 17.4. The smallest absolute Gasteiger partial charge is 0.193 e. The maximum atomic E-state index is 10.7. The van der Waals surface area contributed by atoms with Crippen LogP contribution in [0.5, 0.6) is 5.75 Å². The molecular weight excluding hydrogens is 394 g/mol. The lowest BCUT2D eigenvalue weighted by Gasteiger charge is -2.15. The van der Waals surface area contributed by atoms with E-state index in [1.54, 1.807) is 6.07 Å². The first-order valence-corrected chi connectivity index (χ1v) is 9.91. The Morgan fingerprint density at radius 2 is 1.87 bits per heavy atom. The van der Waals surface area contributed by atoms with Crippen molar-refractivity contribution in [2.45, 2.75) is 19.0 Å². The molecule has 0 atom stereocenters. The van der Waals surface area contributed by atoms with Gasteiger partial charge in [-0.1, -0.05) is 42.5 Å². The minimum absolute atomic E-state index is 0.0935. The second kappa shape index (κ2) is 6.74. The number of aromatic nitrogens is 5. The number of hydrogen-bond donors (Lipinski definition) is 3. The fourth-order valence-electron chi connectivity index (χ4n) is 3.87. The summed E-state index contributed by atoms with van der Waals surface area (Å²) in [6, 6.07) is 15.6. The number of allylic oxidation sites excluding steroid dienone is 1. The number of hydrogen-bond acceptors (Lipinski definition) is 5. The van der Waals surface area contributed by atoms with Gasteiger partial charge in [-0.2, -0.15) is 0 Å². The number of aryl methyl sites for hydroxylation is 1. The van der Waals surface area contributed by atoms with E-state index in [0.717, 1.165) is 44.5 Å². The quantitative estimate of drug-likeness (QED) is 0.351. The molecule has 0 unspecified atom stereocenters. The minimum Gasteiger partial charge on any atom is -0.507 e. The molecule has 0 aliphatic carbocycles. The van der Waals surface area contributed by atoms with Crippen molar-refractivity contribution in [2.24, 2.45) is 0 Å². The largest absolute Gasteiger partial charge is 0.507 e. The number of thiol groups is 1. The highest BCUT2D eigenvalue weighted by Crippen LogP contribution is 2.36. The highest BCUT2D eigenvalue weighted by atomic mass is 32.1. The van der Waals surface area contributed by atoms with Crippen LogP contribution in [0.15, 0.2) is 60.3 Å². The number of H-pyrrole nitrogens is 1. The van der Waals surface area contributed by atoms with Crippen LogP contribution < -0.4 is 0 Å². The molecule has 5 aromatic rings. The molecule has 6 nitrogen and oxygen atoms in total. The van der Waals surface area contributed by atoms with Crippen molar-refractivity contribution in [3.63, 3.8) is 0 Å². The molecule has 3 aromatic carbocycles. The fraction of sp³-hybridized carbons (Fsp3) is 0.0870. The molecule has 0 amide bonds. The van der Waals surface area contributed by atoms with Crippen LogP contribution in [-0.4, -0.2) is 29.8 Å². The maximum absolute atomic E-state index is 10.7.